The maximum absolute atomic E-state index is 11.3. The molecule has 5 heteroatoms. The van der Waals surface area contributed by atoms with E-state index in [9.17, 15) is 4.79 Å². The van der Waals surface area contributed by atoms with E-state index in [1.807, 2.05) is 0 Å². The van der Waals surface area contributed by atoms with Gasteiger partial charge >= 0.3 is 5.97 Å². The lowest BCUT2D eigenvalue weighted by Gasteiger charge is -2.08. The average Bonchev–Trinajstić information content (AvgIpc) is 3.24. The fourth-order valence-corrected chi connectivity index (χ4v) is 3.31. The number of rotatable bonds is 14. The van der Waals surface area contributed by atoms with Gasteiger partial charge < -0.3 is 18.9 Å². The molecular formula is C19H34O5. The summed E-state index contributed by atoms with van der Waals surface area (Å²) >= 11 is 0. The summed E-state index contributed by atoms with van der Waals surface area (Å²) in [5.74, 6) is 0.918. The lowest BCUT2D eigenvalue weighted by atomic mass is 10.0. The molecule has 0 radical (unpaired) electrons. The molecule has 2 aliphatic rings. The van der Waals surface area contributed by atoms with Crippen molar-refractivity contribution in [3.63, 3.8) is 0 Å². The number of carbonyl (C=O) groups excluding carboxylic acids is 1. The fourth-order valence-electron chi connectivity index (χ4n) is 3.31. The zero-order chi connectivity index (χ0) is 16.9. The van der Waals surface area contributed by atoms with Crippen molar-refractivity contribution in [1.82, 2.24) is 0 Å². The first-order chi connectivity index (χ1) is 11.9. The number of esters is 1. The fraction of sp³-hybridized carbons (Fsp3) is 0.947. The predicted octanol–water partition coefficient (Wildman–Crippen LogP) is 3.35. The van der Waals surface area contributed by atoms with E-state index in [2.05, 4.69) is 0 Å². The van der Waals surface area contributed by atoms with Crippen molar-refractivity contribution in [3.8, 4) is 0 Å². The summed E-state index contributed by atoms with van der Waals surface area (Å²) in [5.41, 5.74) is 0. The van der Waals surface area contributed by atoms with Crippen LogP contribution >= 0.6 is 0 Å². The van der Waals surface area contributed by atoms with Gasteiger partial charge in [-0.25, -0.2) is 0 Å². The van der Waals surface area contributed by atoms with E-state index in [1.165, 1.54) is 19.3 Å². The summed E-state index contributed by atoms with van der Waals surface area (Å²) in [6, 6.07) is 0. The van der Waals surface area contributed by atoms with Crippen molar-refractivity contribution < 1.29 is 23.7 Å². The lowest BCUT2D eigenvalue weighted by Crippen LogP contribution is -2.08. The highest BCUT2D eigenvalue weighted by atomic mass is 16.5. The van der Waals surface area contributed by atoms with Crippen molar-refractivity contribution in [2.24, 2.45) is 11.8 Å². The largest absolute Gasteiger partial charge is 0.465 e. The molecule has 2 heterocycles. The maximum Gasteiger partial charge on any atom is 0.309 e. The molecule has 5 nitrogen and oxygen atoms in total. The molecular weight excluding hydrogens is 308 g/mol. The van der Waals surface area contributed by atoms with Gasteiger partial charge in [-0.2, -0.15) is 0 Å². The SMILES string of the molecule is O=C1OCCC1CCCCOCCCOCCCCC1CCOC1. The first-order valence-corrected chi connectivity index (χ1v) is 9.76. The van der Waals surface area contributed by atoms with Crippen LogP contribution in [0.4, 0.5) is 0 Å². The highest BCUT2D eigenvalue weighted by Gasteiger charge is 2.25. The third kappa shape index (κ3) is 8.45. The van der Waals surface area contributed by atoms with Crippen LogP contribution in [0, 0.1) is 11.8 Å². The van der Waals surface area contributed by atoms with Crippen LogP contribution in [0.3, 0.4) is 0 Å². The zero-order valence-electron chi connectivity index (χ0n) is 15.0. The van der Waals surface area contributed by atoms with E-state index in [-0.39, 0.29) is 11.9 Å². The van der Waals surface area contributed by atoms with Crippen LogP contribution in [0.15, 0.2) is 0 Å². The van der Waals surface area contributed by atoms with E-state index in [0.717, 1.165) is 84.1 Å². The second-order valence-corrected chi connectivity index (χ2v) is 6.95. The van der Waals surface area contributed by atoms with Gasteiger partial charge in [-0.3, -0.25) is 4.79 Å². The summed E-state index contributed by atoms with van der Waals surface area (Å²) in [7, 11) is 0. The minimum Gasteiger partial charge on any atom is -0.465 e. The highest BCUT2D eigenvalue weighted by Crippen LogP contribution is 2.20. The molecule has 2 atom stereocenters. The molecule has 140 valence electrons. The van der Waals surface area contributed by atoms with Gasteiger partial charge in [0.15, 0.2) is 0 Å². The van der Waals surface area contributed by atoms with Gasteiger partial charge in [0, 0.05) is 39.6 Å². The Labute approximate surface area is 146 Å². The van der Waals surface area contributed by atoms with Crippen LogP contribution in [-0.4, -0.2) is 52.2 Å². The second-order valence-electron chi connectivity index (χ2n) is 6.95. The smallest absolute Gasteiger partial charge is 0.309 e. The van der Waals surface area contributed by atoms with Gasteiger partial charge in [0.05, 0.1) is 12.5 Å². The predicted molar refractivity (Wildman–Crippen MR) is 91.9 cm³/mol. The van der Waals surface area contributed by atoms with Crippen molar-refractivity contribution in [3.05, 3.63) is 0 Å². The van der Waals surface area contributed by atoms with Crippen LogP contribution in [0.2, 0.25) is 0 Å². The Balaban J connectivity index is 1.24. The van der Waals surface area contributed by atoms with Crippen molar-refractivity contribution >= 4 is 5.97 Å². The quantitative estimate of drug-likeness (QED) is 0.358. The Morgan fingerprint density at radius 3 is 2.17 bits per heavy atom. The number of hydrogen-bond donors (Lipinski definition) is 0. The van der Waals surface area contributed by atoms with Gasteiger partial charge in [-0.15, -0.1) is 0 Å². The second kappa shape index (κ2) is 12.7. The van der Waals surface area contributed by atoms with Crippen LogP contribution in [-0.2, 0) is 23.7 Å². The van der Waals surface area contributed by atoms with E-state index in [0.29, 0.717) is 6.61 Å². The summed E-state index contributed by atoms with van der Waals surface area (Å²) in [5, 5.41) is 0. The molecule has 2 aliphatic heterocycles. The maximum atomic E-state index is 11.3. The van der Waals surface area contributed by atoms with Gasteiger partial charge in [0.1, 0.15) is 0 Å². The standard InChI is InChI=1S/C19H34O5/c20-19-18(9-15-24-19)7-2-4-11-22-13-5-12-21-10-3-1-6-17-8-14-23-16-17/h17-18H,1-16H2. The summed E-state index contributed by atoms with van der Waals surface area (Å²) in [4.78, 5) is 11.3. The van der Waals surface area contributed by atoms with E-state index in [4.69, 9.17) is 18.9 Å². The van der Waals surface area contributed by atoms with E-state index in [1.54, 1.807) is 0 Å². The minimum absolute atomic E-state index is 0.00959. The monoisotopic (exact) mass is 342 g/mol. The summed E-state index contributed by atoms with van der Waals surface area (Å²) < 4.78 is 21.6. The molecule has 2 fully saturated rings. The molecule has 2 saturated heterocycles. The zero-order valence-corrected chi connectivity index (χ0v) is 15.0. The first-order valence-electron chi connectivity index (χ1n) is 9.76. The van der Waals surface area contributed by atoms with E-state index >= 15 is 0 Å². The van der Waals surface area contributed by atoms with Crippen molar-refractivity contribution in [2.45, 2.75) is 57.8 Å². The Morgan fingerprint density at radius 2 is 1.54 bits per heavy atom. The molecule has 2 unspecified atom stereocenters. The average molecular weight is 342 g/mol. The minimum atomic E-state index is -0.00959. The molecule has 0 aliphatic carbocycles. The Bertz CT molecular complexity index is 328. The first kappa shape index (κ1) is 19.7. The Kier molecular flexibility index (Phi) is 10.4. The number of unbranched alkanes of at least 4 members (excludes halogenated alkanes) is 2. The molecule has 0 aromatic rings. The number of carbonyl (C=O) groups is 1. The van der Waals surface area contributed by atoms with Crippen LogP contribution in [0.5, 0.6) is 0 Å². The number of cyclic esters (lactones) is 1. The number of hydrogen-bond acceptors (Lipinski definition) is 5. The Morgan fingerprint density at radius 1 is 0.833 bits per heavy atom. The molecule has 0 saturated carbocycles. The normalized spacial score (nSPS) is 23.8. The topological polar surface area (TPSA) is 54.0 Å². The summed E-state index contributed by atoms with van der Waals surface area (Å²) in [6.07, 6.45) is 9.79. The van der Waals surface area contributed by atoms with Gasteiger partial charge in [0.25, 0.3) is 0 Å². The third-order valence-electron chi connectivity index (χ3n) is 4.89. The number of ether oxygens (including phenoxy) is 4. The summed E-state index contributed by atoms with van der Waals surface area (Å²) in [6.45, 7) is 5.73. The van der Waals surface area contributed by atoms with Crippen LogP contribution < -0.4 is 0 Å². The van der Waals surface area contributed by atoms with E-state index < -0.39 is 0 Å². The van der Waals surface area contributed by atoms with Gasteiger partial charge in [-0.1, -0.05) is 12.8 Å². The lowest BCUT2D eigenvalue weighted by molar-refractivity contribution is -0.141. The molecule has 24 heavy (non-hydrogen) atoms. The molecule has 0 amide bonds. The molecule has 0 bridgehead atoms. The van der Waals surface area contributed by atoms with Crippen molar-refractivity contribution in [2.75, 3.05) is 46.2 Å². The molecule has 0 aromatic heterocycles. The van der Waals surface area contributed by atoms with Crippen molar-refractivity contribution in [1.29, 1.82) is 0 Å². The Hall–Kier alpha value is -0.650. The van der Waals surface area contributed by atoms with Crippen LogP contribution in [0.1, 0.15) is 57.8 Å². The van der Waals surface area contributed by atoms with Gasteiger partial charge in [0.2, 0.25) is 0 Å². The van der Waals surface area contributed by atoms with Crippen LogP contribution in [0.25, 0.3) is 0 Å². The molecule has 0 aromatic carbocycles. The molecule has 0 N–H and O–H groups in total. The highest BCUT2D eigenvalue weighted by molar-refractivity contribution is 5.73. The van der Waals surface area contributed by atoms with Gasteiger partial charge in [-0.05, 0) is 50.9 Å². The third-order valence-corrected chi connectivity index (χ3v) is 4.89. The molecule has 0 spiro atoms. The molecule has 2 rings (SSSR count).